The number of nitrogens with zero attached hydrogens (tertiary/aromatic N) is 1. The van der Waals surface area contributed by atoms with Crippen LogP contribution in [0.3, 0.4) is 0 Å². The maximum absolute atomic E-state index is 11.4. The van der Waals surface area contributed by atoms with E-state index in [1.165, 1.54) is 64.5 Å². The Hall–Kier alpha value is -0.570. The first-order chi connectivity index (χ1) is 9.25. The molecule has 0 amide bonds. The van der Waals surface area contributed by atoms with E-state index in [4.69, 9.17) is 4.74 Å². The third-order valence-electron chi connectivity index (χ3n) is 5.49. The lowest BCUT2D eigenvalue weighted by Gasteiger charge is -2.50. The summed E-state index contributed by atoms with van der Waals surface area (Å²) in [5.74, 6) is 1.17. The van der Waals surface area contributed by atoms with Crippen LogP contribution >= 0.6 is 0 Å². The molecule has 0 spiro atoms. The lowest BCUT2D eigenvalue weighted by Crippen LogP contribution is -2.54. The second-order valence-electron chi connectivity index (χ2n) is 6.67. The quantitative estimate of drug-likeness (QED) is 0.719. The molecule has 3 nitrogen and oxygen atoms in total. The smallest absolute Gasteiger partial charge is 0.302 e. The summed E-state index contributed by atoms with van der Waals surface area (Å²) in [6.07, 6.45) is 10.8. The van der Waals surface area contributed by atoms with Gasteiger partial charge in [-0.1, -0.05) is 12.8 Å². The molecule has 0 aromatic heterocycles. The van der Waals surface area contributed by atoms with Gasteiger partial charge in [0.15, 0.2) is 0 Å². The van der Waals surface area contributed by atoms with Gasteiger partial charge >= 0.3 is 5.97 Å². The van der Waals surface area contributed by atoms with Crippen molar-refractivity contribution >= 4 is 5.97 Å². The van der Waals surface area contributed by atoms with E-state index in [2.05, 4.69) is 4.90 Å². The summed E-state index contributed by atoms with van der Waals surface area (Å²) >= 11 is 0. The Balaban J connectivity index is 1.72. The molecule has 0 radical (unpaired) electrons. The first kappa shape index (κ1) is 13.4. The fourth-order valence-corrected chi connectivity index (χ4v) is 4.69. The zero-order valence-corrected chi connectivity index (χ0v) is 12.1. The highest BCUT2D eigenvalue weighted by atomic mass is 16.5. The third kappa shape index (κ3) is 2.81. The van der Waals surface area contributed by atoms with Gasteiger partial charge in [-0.2, -0.15) is 0 Å². The Labute approximate surface area is 116 Å². The predicted molar refractivity (Wildman–Crippen MR) is 74.8 cm³/mol. The molecule has 0 N–H and O–H groups in total. The van der Waals surface area contributed by atoms with Crippen molar-refractivity contribution in [3.05, 3.63) is 0 Å². The summed E-state index contributed by atoms with van der Waals surface area (Å²) < 4.78 is 5.71. The number of ether oxygens (including phenoxy) is 1. The number of carbonyl (C=O) groups is 1. The van der Waals surface area contributed by atoms with Crippen LogP contribution in [0.2, 0.25) is 0 Å². The van der Waals surface area contributed by atoms with Gasteiger partial charge in [-0.25, -0.2) is 0 Å². The fourth-order valence-electron chi connectivity index (χ4n) is 4.69. The first-order valence-corrected chi connectivity index (χ1v) is 8.17. The summed E-state index contributed by atoms with van der Waals surface area (Å²) in [6.45, 7) is 4.09. The molecule has 3 aliphatic rings. The lowest BCUT2D eigenvalue weighted by atomic mass is 9.67. The summed E-state index contributed by atoms with van der Waals surface area (Å²) in [5, 5.41) is 0. The highest BCUT2D eigenvalue weighted by molar-refractivity contribution is 5.66. The van der Waals surface area contributed by atoms with E-state index in [9.17, 15) is 4.79 Å². The van der Waals surface area contributed by atoms with E-state index in [0.717, 1.165) is 0 Å². The molecule has 2 bridgehead atoms. The second kappa shape index (κ2) is 5.82. The van der Waals surface area contributed by atoms with Gasteiger partial charge < -0.3 is 4.74 Å². The average molecular weight is 265 g/mol. The molecule has 0 unspecified atom stereocenters. The van der Waals surface area contributed by atoms with Crippen LogP contribution in [0.25, 0.3) is 0 Å². The van der Waals surface area contributed by atoms with Gasteiger partial charge in [-0.3, -0.25) is 9.69 Å². The molecular weight excluding hydrogens is 238 g/mol. The van der Waals surface area contributed by atoms with Gasteiger partial charge in [0.25, 0.3) is 0 Å². The molecule has 3 rings (SSSR count). The molecule has 1 aliphatic heterocycles. The van der Waals surface area contributed by atoms with Crippen molar-refractivity contribution in [2.45, 2.75) is 70.4 Å². The summed E-state index contributed by atoms with van der Waals surface area (Å²) in [6, 6.07) is 0.682. The first-order valence-electron chi connectivity index (χ1n) is 8.17. The largest absolute Gasteiger partial charge is 0.462 e. The standard InChI is InChI=1S/C16H27NO2/c1-12(18)19-16-13-6-5-7-14(16)15(9-8-13)17-10-3-2-4-11-17/h13-16H,2-11H2,1H3/t13-,14-,15-,16+/m1/s1. The maximum Gasteiger partial charge on any atom is 0.302 e. The number of likely N-dealkylation sites (tertiary alicyclic amines) is 1. The fraction of sp³-hybridized carbons (Fsp3) is 0.938. The molecule has 4 atom stereocenters. The number of fused-ring (bicyclic) bond motifs is 2. The number of rotatable bonds is 2. The van der Waals surface area contributed by atoms with Gasteiger partial charge in [-0.05, 0) is 57.5 Å². The zero-order valence-electron chi connectivity index (χ0n) is 12.1. The molecule has 2 saturated carbocycles. The molecule has 1 saturated heterocycles. The van der Waals surface area contributed by atoms with Crippen LogP contribution in [-0.4, -0.2) is 36.1 Å². The third-order valence-corrected chi connectivity index (χ3v) is 5.49. The van der Waals surface area contributed by atoms with Crippen LogP contribution in [0.5, 0.6) is 0 Å². The van der Waals surface area contributed by atoms with Gasteiger partial charge in [0.2, 0.25) is 0 Å². The summed E-state index contributed by atoms with van der Waals surface area (Å²) in [5.41, 5.74) is 0. The van der Waals surface area contributed by atoms with Crippen LogP contribution in [0.1, 0.15) is 58.3 Å². The van der Waals surface area contributed by atoms with E-state index in [1.54, 1.807) is 6.92 Å². The highest BCUT2D eigenvalue weighted by Gasteiger charge is 2.45. The molecule has 3 fully saturated rings. The van der Waals surface area contributed by atoms with Crippen LogP contribution in [0.4, 0.5) is 0 Å². The predicted octanol–water partition coefficient (Wildman–Crippen LogP) is 2.98. The van der Waals surface area contributed by atoms with Gasteiger partial charge in [0.05, 0.1) is 0 Å². The molecular formula is C16H27NO2. The lowest BCUT2D eigenvalue weighted by molar-refractivity contribution is -0.162. The zero-order chi connectivity index (χ0) is 13.2. The van der Waals surface area contributed by atoms with Gasteiger partial charge in [-0.15, -0.1) is 0 Å². The Morgan fingerprint density at radius 2 is 1.79 bits per heavy atom. The van der Waals surface area contributed by atoms with Crippen molar-refractivity contribution in [2.75, 3.05) is 13.1 Å². The maximum atomic E-state index is 11.4. The average Bonchev–Trinajstić information content (AvgIpc) is 2.39. The van der Waals surface area contributed by atoms with Crippen molar-refractivity contribution in [2.24, 2.45) is 11.8 Å². The van der Waals surface area contributed by atoms with Crippen LogP contribution in [-0.2, 0) is 9.53 Å². The Morgan fingerprint density at radius 1 is 1.00 bits per heavy atom. The minimum atomic E-state index is -0.0822. The van der Waals surface area contributed by atoms with Crippen LogP contribution in [0, 0.1) is 11.8 Å². The minimum Gasteiger partial charge on any atom is -0.462 e. The summed E-state index contributed by atoms with van der Waals surface area (Å²) in [4.78, 5) is 14.1. The Kier molecular flexibility index (Phi) is 4.11. The van der Waals surface area contributed by atoms with Crippen molar-refractivity contribution < 1.29 is 9.53 Å². The number of hydrogen-bond acceptors (Lipinski definition) is 3. The van der Waals surface area contributed by atoms with Gasteiger partial charge in [0, 0.05) is 18.9 Å². The van der Waals surface area contributed by atoms with E-state index in [0.29, 0.717) is 17.9 Å². The summed E-state index contributed by atoms with van der Waals surface area (Å²) in [7, 11) is 0. The van der Waals surface area contributed by atoms with Crippen molar-refractivity contribution in [1.29, 1.82) is 0 Å². The van der Waals surface area contributed by atoms with Gasteiger partial charge in [0.1, 0.15) is 6.10 Å². The molecule has 19 heavy (non-hydrogen) atoms. The van der Waals surface area contributed by atoms with E-state index < -0.39 is 0 Å². The van der Waals surface area contributed by atoms with Crippen LogP contribution < -0.4 is 0 Å². The van der Waals surface area contributed by atoms with Crippen LogP contribution in [0.15, 0.2) is 0 Å². The molecule has 108 valence electrons. The molecule has 2 aliphatic carbocycles. The normalized spacial score (nSPS) is 39.8. The molecule has 1 heterocycles. The number of esters is 1. The SMILES string of the molecule is CC(=O)O[C@H]1[C@@H]2CCC[C@@H]1[C@H](N1CCCCC1)CC2. The van der Waals surface area contributed by atoms with E-state index >= 15 is 0 Å². The van der Waals surface area contributed by atoms with Crippen molar-refractivity contribution in [3.8, 4) is 0 Å². The highest BCUT2D eigenvalue weighted by Crippen LogP contribution is 2.44. The number of carbonyl (C=O) groups excluding carboxylic acids is 1. The number of piperidine rings is 1. The minimum absolute atomic E-state index is 0.0822. The van der Waals surface area contributed by atoms with E-state index in [-0.39, 0.29) is 12.1 Å². The Bertz CT molecular complexity index is 325. The van der Waals surface area contributed by atoms with Crippen molar-refractivity contribution in [1.82, 2.24) is 4.90 Å². The second-order valence-corrected chi connectivity index (χ2v) is 6.67. The van der Waals surface area contributed by atoms with E-state index in [1.807, 2.05) is 0 Å². The Morgan fingerprint density at radius 3 is 2.53 bits per heavy atom. The molecule has 0 aromatic rings. The molecule has 3 heteroatoms. The topological polar surface area (TPSA) is 29.5 Å². The molecule has 0 aromatic carbocycles. The van der Waals surface area contributed by atoms with Crippen molar-refractivity contribution in [3.63, 3.8) is 0 Å². The monoisotopic (exact) mass is 265 g/mol. The number of hydrogen-bond donors (Lipinski definition) is 0.